The van der Waals surface area contributed by atoms with Crippen LogP contribution in [0.1, 0.15) is 39.0 Å². The number of carbonyl (C=O) groups is 1. The highest BCUT2D eigenvalue weighted by atomic mass is 35.5. The molecule has 0 bridgehead atoms. The average Bonchev–Trinajstić information content (AvgIpc) is 2.32. The molecule has 1 N–H and O–H groups in total. The summed E-state index contributed by atoms with van der Waals surface area (Å²) in [5, 5.41) is 10.2. The number of aliphatic hydroxyl groups is 1. The van der Waals surface area contributed by atoms with Gasteiger partial charge in [-0.3, -0.25) is 4.79 Å². The van der Waals surface area contributed by atoms with Crippen LogP contribution in [-0.4, -0.2) is 47.9 Å². The van der Waals surface area contributed by atoms with Crippen LogP contribution in [0.25, 0.3) is 0 Å². The summed E-state index contributed by atoms with van der Waals surface area (Å²) in [6.07, 6.45) is 4.07. The third-order valence-electron chi connectivity index (χ3n) is 4.04. The Morgan fingerprint density at radius 2 is 2.00 bits per heavy atom. The molecular formula is C14H26ClNO2. The molecule has 0 aliphatic carbocycles. The number of unbranched alkanes of at least 4 members (excludes halogenated alkanes) is 1. The summed E-state index contributed by atoms with van der Waals surface area (Å²) in [7, 11) is 2.11. The first-order valence-corrected chi connectivity index (χ1v) is 7.52. The Labute approximate surface area is 115 Å². The lowest BCUT2D eigenvalue weighted by Gasteiger charge is -2.35. The minimum atomic E-state index is -0.487. The predicted molar refractivity (Wildman–Crippen MR) is 75.0 cm³/mol. The molecule has 18 heavy (non-hydrogen) atoms. The Kier molecular flexibility index (Phi) is 7.20. The van der Waals surface area contributed by atoms with Crippen LogP contribution >= 0.6 is 11.6 Å². The van der Waals surface area contributed by atoms with Crippen molar-refractivity contribution >= 4 is 17.4 Å². The van der Waals surface area contributed by atoms with Gasteiger partial charge in [-0.25, -0.2) is 0 Å². The maximum atomic E-state index is 11.8. The lowest BCUT2D eigenvalue weighted by atomic mass is 9.77. The number of alkyl halides is 1. The topological polar surface area (TPSA) is 40.5 Å². The summed E-state index contributed by atoms with van der Waals surface area (Å²) in [4.78, 5) is 14.1. The third-order valence-corrected chi connectivity index (χ3v) is 4.31. The van der Waals surface area contributed by atoms with E-state index in [4.69, 9.17) is 11.6 Å². The molecule has 0 spiro atoms. The molecular weight excluding hydrogens is 250 g/mol. The van der Waals surface area contributed by atoms with Crippen LogP contribution in [0.5, 0.6) is 0 Å². The molecule has 0 aromatic carbocycles. The maximum Gasteiger partial charge on any atom is 0.135 e. The van der Waals surface area contributed by atoms with Crippen LogP contribution in [0.3, 0.4) is 0 Å². The highest BCUT2D eigenvalue weighted by Gasteiger charge is 2.33. The number of piperidine rings is 1. The number of likely N-dealkylation sites (tertiary alicyclic amines) is 1. The van der Waals surface area contributed by atoms with E-state index in [9.17, 15) is 9.90 Å². The molecule has 0 aromatic rings. The van der Waals surface area contributed by atoms with Gasteiger partial charge in [-0.15, -0.1) is 11.6 Å². The van der Waals surface area contributed by atoms with Crippen molar-refractivity contribution in [2.75, 3.05) is 26.0 Å². The van der Waals surface area contributed by atoms with Crippen LogP contribution in [-0.2, 0) is 4.79 Å². The van der Waals surface area contributed by atoms with Gasteiger partial charge in [0, 0.05) is 11.8 Å². The van der Waals surface area contributed by atoms with E-state index in [0.29, 0.717) is 18.2 Å². The van der Waals surface area contributed by atoms with Crippen molar-refractivity contribution < 1.29 is 9.90 Å². The van der Waals surface area contributed by atoms with Gasteiger partial charge in [-0.05, 0) is 65.1 Å². The summed E-state index contributed by atoms with van der Waals surface area (Å²) in [5.74, 6) is 0.952. The standard InChI is InChI=1S/C14H26ClNO2/c1-11(17)14(13(18)5-3-4-8-15)12-6-9-16(2)10-7-12/h12-14,18H,3-10H2,1-2H3. The van der Waals surface area contributed by atoms with Crippen molar-refractivity contribution in [1.29, 1.82) is 0 Å². The van der Waals surface area contributed by atoms with E-state index in [0.717, 1.165) is 38.8 Å². The number of rotatable bonds is 7. The fourth-order valence-corrected chi connectivity index (χ4v) is 3.12. The van der Waals surface area contributed by atoms with Gasteiger partial charge in [0.1, 0.15) is 5.78 Å². The molecule has 106 valence electrons. The molecule has 0 saturated carbocycles. The van der Waals surface area contributed by atoms with E-state index in [1.165, 1.54) is 0 Å². The number of hydrogen-bond donors (Lipinski definition) is 1. The van der Waals surface area contributed by atoms with Gasteiger partial charge in [0.25, 0.3) is 0 Å². The van der Waals surface area contributed by atoms with E-state index >= 15 is 0 Å². The second-order valence-electron chi connectivity index (χ2n) is 5.53. The predicted octanol–water partition coefficient (Wildman–Crippen LogP) is 2.30. The van der Waals surface area contributed by atoms with Crippen molar-refractivity contribution in [3.8, 4) is 0 Å². The Morgan fingerprint density at radius 1 is 1.39 bits per heavy atom. The minimum absolute atomic E-state index is 0.142. The zero-order valence-electron chi connectivity index (χ0n) is 11.6. The molecule has 1 aliphatic heterocycles. The summed E-state index contributed by atoms with van der Waals surface area (Å²) in [6.45, 7) is 3.68. The van der Waals surface area contributed by atoms with Gasteiger partial charge in [0.05, 0.1) is 6.10 Å². The minimum Gasteiger partial charge on any atom is -0.392 e. The van der Waals surface area contributed by atoms with E-state index < -0.39 is 6.10 Å². The van der Waals surface area contributed by atoms with Crippen LogP contribution in [0.15, 0.2) is 0 Å². The van der Waals surface area contributed by atoms with Gasteiger partial charge in [0.2, 0.25) is 0 Å². The summed E-state index contributed by atoms with van der Waals surface area (Å²) in [6, 6.07) is 0. The second kappa shape index (κ2) is 8.13. The van der Waals surface area contributed by atoms with E-state index in [1.54, 1.807) is 6.92 Å². The smallest absolute Gasteiger partial charge is 0.135 e. The van der Waals surface area contributed by atoms with Crippen molar-refractivity contribution in [3.05, 3.63) is 0 Å². The molecule has 1 aliphatic rings. The average molecular weight is 276 g/mol. The number of nitrogens with zero attached hydrogens (tertiary/aromatic N) is 1. The Bertz CT molecular complexity index is 252. The Balaban J connectivity index is 2.50. The van der Waals surface area contributed by atoms with Crippen molar-refractivity contribution in [2.45, 2.75) is 45.1 Å². The number of ketones is 1. The number of aliphatic hydroxyl groups excluding tert-OH is 1. The number of carbonyl (C=O) groups excluding carboxylic acids is 1. The monoisotopic (exact) mass is 275 g/mol. The van der Waals surface area contributed by atoms with Crippen LogP contribution in [0.2, 0.25) is 0 Å². The number of Topliss-reactive ketones (excluding diaryl/α,β-unsaturated/α-hetero) is 1. The molecule has 1 rings (SSSR count). The Morgan fingerprint density at radius 3 is 2.50 bits per heavy atom. The first kappa shape index (κ1) is 15.9. The molecule has 0 radical (unpaired) electrons. The summed E-state index contributed by atoms with van der Waals surface area (Å²) >= 11 is 5.64. The first-order valence-electron chi connectivity index (χ1n) is 6.99. The molecule has 1 fully saturated rings. The third kappa shape index (κ3) is 4.87. The fraction of sp³-hybridized carbons (Fsp3) is 0.929. The van der Waals surface area contributed by atoms with Gasteiger partial charge < -0.3 is 10.0 Å². The Hall–Kier alpha value is -0.120. The molecule has 0 amide bonds. The van der Waals surface area contributed by atoms with Crippen LogP contribution in [0.4, 0.5) is 0 Å². The van der Waals surface area contributed by atoms with E-state index in [2.05, 4.69) is 11.9 Å². The summed E-state index contributed by atoms with van der Waals surface area (Å²) in [5.41, 5.74) is 0. The zero-order valence-corrected chi connectivity index (χ0v) is 12.3. The highest BCUT2D eigenvalue weighted by molar-refractivity contribution is 6.17. The number of halogens is 1. The number of hydrogen-bond acceptors (Lipinski definition) is 3. The SMILES string of the molecule is CC(=O)C(C(O)CCCCCl)C1CCN(C)CC1. The van der Waals surface area contributed by atoms with Crippen LogP contribution < -0.4 is 0 Å². The molecule has 1 saturated heterocycles. The normalized spacial score (nSPS) is 21.8. The fourth-order valence-electron chi connectivity index (χ4n) is 2.93. The lowest BCUT2D eigenvalue weighted by Crippen LogP contribution is -2.40. The van der Waals surface area contributed by atoms with Crippen molar-refractivity contribution in [1.82, 2.24) is 4.90 Å². The molecule has 1 heterocycles. The summed E-state index contributed by atoms with van der Waals surface area (Å²) < 4.78 is 0. The van der Waals surface area contributed by atoms with Gasteiger partial charge in [0.15, 0.2) is 0 Å². The van der Waals surface area contributed by atoms with Crippen LogP contribution in [0, 0.1) is 11.8 Å². The second-order valence-corrected chi connectivity index (χ2v) is 5.91. The molecule has 4 heteroatoms. The van der Waals surface area contributed by atoms with Gasteiger partial charge >= 0.3 is 0 Å². The first-order chi connectivity index (χ1) is 8.56. The van der Waals surface area contributed by atoms with Gasteiger partial charge in [-0.2, -0.15) is 0 Å². The zero-order chi connectivity index (χ0) is 13.5. The molecule has 2 atom stereocenters. The molecule has 3 nitrogen and oxygen atoms in total. The van der Waals surface area contributed by atoms with E-state index in [1.807, 2.05) is 0 Å². The highest BCUT2D eigenvalue weighted by Crippen LogP contribution is 2.29. The van der Waals surface area contributed by atoms with Gasteiger partial charge in [-0.1, -0.05) is 0 Å². The van der Waals surface area contributed by atoms with Crippen molar-refractivity contribution in [2.24, 2.45) is 11.8 Å². The maximum absolute atomic E-state index is 11.8. The quantitative estimate of drug-likeness (QED) is 0.573. The molecule has 2 unspecified atom stereocenters. The lowest BCUT2D eigenvalue weighted by molar-refractivity contribution is -0.127. The van der Waals surface area contributed by atoms with Crippen molar-refractivity contribution in [3.63, 3.8) is 0 Å². The molecule has 0 aromatic heterocycles. The largest absolute Gasteiger partial charge is 0.392 e. The van der Waals surface area contributed by atoms with E-state index in [-0.39, 0.29) is 11.7 Å².